The van der Waals surface area contributed by atoms with Crippen LogP contribution in [-0.2, 0) is 11.3 Å². The molecule has 1 aromatic heterocycles. The van der Waals surface area contributed by atoms with Gasteiger partial charge in [0, 0.05) is 37.1 Å². The topological polar surface area (TPSA) is 63.0 Å². The van der Waals surface area contributed by atoms with E-state index in [4.69, 9.17) is 9.15 Å². The number of carbonyl (C=O) groups excluding carboxylic acids is 2. The van der Waals surface area contributed by atoms with Gasteiger partial charge in [-0.25, -0.2) is 9.18 Å². The number of hydrogen-bond donors (Lipinski definition) is 0. The first kappa shape index (κ1) is 21.1. The van der Waals surface area contributed by atoms with Crippen molar-refractivity contribution in [3.05, 3.63) is 65.2 Å². The summed E-state index contributed by atoms with van der Waals surface area (Å²) >= 11 is 0. The Morgan fingerprint density at radius 3 is 2.52 bits per heavy atom. The van der Waals surface area contributed by atoms with E-state index in [1.807, 2.05) is 29.2 Å². The number of furan rings is 1. The fourth-order valence-corrected chi connectivity index (χ4v) is 3.97. The lowest BCUT2D eigenvalue weighted by molar-refractivity contribution is 0.0523. The molecule has 2 heterocycles. The van der Waals surface area contributed by atoms with Gasteiger partial charge < -0.3 is 14.1 Å². The molecule has 2 aromatic carbocycles. The number of Topliss-reactive ketones (excluding diaryl/α,β-unsaturated/α-hetero) is 1. The highest BCUT2D eigenvalue weighted by Gasteiger charge is 2.26. The lowest BCUT2D eigenvalue weighted by Gasteiger charge is -2.36. The first-order valence-electron chi connectivity index (χ1n) is 10.4. The van der Waals surface area contributed by atoms with Crippen molar-refractivity contribution in [2.24, 2.45) is 0 Å². The molecular weight excluding hydrogens is 399 g/mol. The van der Waals surface area contributed by atoms with E-state index in [0.29, 0.717) is 67.5 Å². The molecule has 6 nitrogen and oxygen atoms in total. The molecule has 0 spiro atoms. The molecule has 1 aliphatic heterocycles. The van der Waals surface area contributed by atoms with Gasteiger partial charge in [-0.15, -0.1) is 0 Å². The van der Waals surface area contributed by atoms with E-state index in [2.05, 4.69) is 4.90 Å². The van der Waals surface area contributed by atoms with Crippen molar-refractivity contribution in [1.29, 1.82) is 0 Å². The SMILES string of the molecule is CCOC(=O)c1c(CN2CCN(c3ccc(C(C)=O)cc3F)CC2)oc2ccccc12. The minimum absolute atomic E-state index is 0.154. The van der Waals surface area contributed by atoms with E-state index in [9.17, 15) is 14.0 Å². The maximum Gasteiger partial charge on any atom is 0.342 e. The average Bonchev–Trinajstić information content (AvgIpc) is 3.12. The summed E-state index contributed by atoms with van der Waals surface area (Å²) in [5, 5.41) is 0.752. The predicted molar refractivity (Wildman–Crippen MR) is 116 cm³/mol. The van der Waals surface area contributed by atoms with Gasteiger partial charge in [-0.1, -0.05) is 18.2 Å². The lowest BCUT2D eigenvalue weighted by atomic mass is 10.1. The van der Waals surface area contributed by atoms with Crippen LogP contribution in [0.3, 0.4) is 0 Å². The third-order valence-corrected chi connectivity index (χ3v) is 5.58. The fraction of sp³-hybridized carbons (Fsp3) is 0.333. The zero-order valence-electron chi connectivity index (χ0n) is 17.7. The van der Waals surface area contributed by atoms with Crippen LogP contribution in [0.25, 0.3) is 11.0 Å². The van der Waals surface area contributed by atoms with E-state index in [1.165, 1.54) is 13.0 Å². The van der Waals surface area contributed by atoms with Gasteiger partial charge in [-0.05, 0) is 38.1 Å². The highest BCUT2D eigenvalue weighted by Crippen LogP contribution is 2.29. The smallest absolute Gasteiger partial charge is 0.342 e. The van der Waals surface area contributed by atoms with Gasteiger partial charge in [-0.3, -0.25) is 9.69 Å². The Kier molecular flexibility index (Phi) is 6.04. The number of esters is 1. The number of hydrogen-bond acceptors (Lipinski definition) is 6. The van der Waals surface area contributed by atoms with Gasteiger partial charge in [0.25, 0.3) is 0 Å². The Labute approximate surface area is 180 Å². The molecule has 0 bridgehead atoms. The number of rotatable bonds is 6. The summed E-state index contributed by atoms with van der Waals surface area (Å²) in [7, 11) is 0. The Balaban J connectivity index is 1.48. The van der Waals surface area contributed by atoms with Crippen molar-refractivity contribution >= 4 is 28.4 Å². The first-order valence-corrected chi connectivity index (χ1v) is 10.4. The highest BCUT2D eigenvalue weighted by atomic mass is 19.1. The van der Waals surface area contributed by atoms with Crippen LogP contribution in [0.4, 0.5) is 10.1 Å². The maximum absolute atomic E-state index is 14.5. The fourth-order valence-electron chi connectivity index (χ4n) is 3.97. The third-order valence-electron chi connectivity index (χ3n) is 5.58. The molecule has 0 aliphatic carbocycles. The van der Waals surface area contributed by atoms with Crippen LogP contribution in [0.1, 0.15) is 40.3 Å². The van der Waals surface area contributed by atoms with Gasteiger partial charge in [0.05, 0.1) is 18.8 Å². The standard InChI is InChI=1S/C24H25FN2O4/c1-3-30-24(29)23-18-6-4-5-7-21(18)31-22(23)15-26-10-12-27(13-11-26)20-9-8-17(16(2)28)14-19(20)25/h4-9,14H,3,10-13,15H2,1-2H3. The van der Waals surface area contributed by atoms with Gasteiger partial charge >= 0.3 is 5.97 Å². The summed E-state index contributed by atoms with van der Waals surface area (Å²) < 4.78 is 25.7. The molecule has 4 rings (SSSR count). The summed E-state index contributed by atoms with van der Waals surface area (Å²) in [4.78, 5) is 28.2. The Morgan fingerprint density at radius 2 is 1.84 bits per heavy atom. The molecule has 162 valence electrons. The minimum atomic E-state index is -0.386. The Hall–Kier alpha value is -3.19. The second kappa shape index (κ2) is 8.89. The van der Waals surface area contributed by atoms with Gasteiger partial charge in [0.2, 0.25) is 0 Å². The predicted octanol–water partition coefficient (Wildman–Crippen LogP) is 4.27. The molecule has 1 aliphatic rings. The quantitative estimate of drug-likeness (QED) is 0.435. The van der Waals surface area contributed by atoms with Gasteiger partial charge in [0.1, 0.15) is 22.7 Å². The second-order valence-electron chi connectivity index (χ2n) is 7.60. The number of benzene rings is 2. The van der Waals surface area contributed by atoms with Crippen LogP contribution >= 0.6 is 0 Å². The van der Waals surface area contributed by atoms with Crippen molar-refractivity contribution in [3.63, 3.8) is 0 Å². The number of carbonyl (C=O) groups is 2. The highest BCUT2D eigenvalue weighted by molar-refractivity contribution is 6.04. The van der Waals surface area contributed by atoms with Crippen molar-refractivity contribution in [3.8, 4) is 0 Å². The summed E-state index contributed by atoms with van der Waals surface area (Å²) in [6.07, 6.45) is 0. The van der Waals surface area contributed by atoms with Crippen molar-refractivity contribution in [1.82, 2.24) is 4.90 Å². The van der Waals surface area contributed by atoms with Crippen molar-refractivity contribution < 1.29 is 23.1 Å². The van der Waals surface area contributed by atoms with Crippen LogP contribution in [0.2, 0.25) is 0 Å². The largest absolute Gasteiger partial charge is 0.462 e. The zero-order valence-corrected chi connectivity index (χ0v) is 17.7. The lowest BCUT2D eigenvalue weighted by Crippen LogP contribution is -2.46. The van der Waals surface area contributed by atoms with Crippen LogP contribution in [0, 0.1) is 5.82 Å². The van der Waals surface area contributed by atoms with Crippen LogP contribution in [0.15, 0.2) is 46.9 Å². The molecule has 31 heavy (non-hydrogen) atoms. The van der Waals surface area contributed by atoms with E-state index >= 15 is 0 Å². The van der Waals surface area contributed by atoms with E-state index < -0.39 is 0 Å². The van der Waals surface area contributed by atoms with E-state index in [0.717, 1.165) is 5.39 Å². The third kappa shape index (κ3) is 4.32. The molecular formula is C24H25FN2O4. The molecule has 0 atom stereocenters. The number of anilines is 1. The normalized spacial score (nSPS) is 14.7. The first-order chi connectivity index (χ1) is 15.0. The van der Waals surface area contributed by atoms with E-state index in [-0.39, 0.29) is 17.6 Å². The number of ether oxygens (including phenoxy) is 1. The van der Waals surface area contributed by atoms with Crippen molar-refractivity contribution in [2.45, 2.75) is 20.4 Å². The monoisotopic (exact) mass is 424 g/mol. The number of fused-ring (bicyclic) bond motifs is 1. The summed E-state index contributed by atoms with van der Waals surface area (Å²) in [6, 6.07) is 12.1. The van der Waals surface area contributed by atoms with Crippen LogP contribution in [-0.4, -0.2) is 49.4 Å². The van der Waals surface area contributed by atoms with Crippen LogP contribution < -0.4 is 4.90 Å². The molecule has 1 saturated heterocycles. The number of piperazine rings is 1. The van der Waals surface area contributed by atoms with Crippen molar-refractivity contribution in [2.75, 3.05) is 37.7 Å². The Bertz CT molecular complexity index is 1120. The number of halogens is 1. The number of para-hydroxylation sites is 1. The molecule has 1 fully saturated rings. The molecule has 0 N–H and O–H groups in total. The average molecular weight is 424 g/mol. The summed E-state index contributed by atoms with van der Waals surface area (Å²) in [5.41, 5.74) is 2.01. The number of nitrogens with zero attached hydrogens (tertiary/aromatic N) is 2. The molecule has 7 heteroatoms. The van der Waals surface area contributed by atoms with Crippen LogP contribution in [0.5, 0.6) is 0 Å². The molecule has 0 saturated carbocycles. The van der Waals surface area contributed by atoms with Gasteiger partial charge in [-0.2, -0.15) is 0 Å². The minimum Gasteiger partial charge on any atom is -0.462 e. The zero-order chi connectivity index (χ0) is 22.0. The maximum atomic E-state index is 14.5. The molecule has 0 unspecified atom stereocenters. The number of ketones is 1. The van der Waals surface area contributed by atoms with E-state index in [1.54, 1.807) is 19.1 Å². The Morgan fingerprint density at radius 1 is 1.10 bits per heavy atom. The molecule has 0 radical (unpaired) electrons. The van der Waals surface area contributed by atoms with Gasteiger partial charge in [0.15, 0.2) is 5.78 Å². The molecule has 3 aromatic rings. The summed E-state index contributed by atoms with van der Waals surface area (Å²) in [6.45, 7) is 6.61. The second-order valence-corrected chi connectivity index (χ2v) is 7.60. The molecule has 0 amide bonds. The summed E-state index contributed by atoms with van der Waals surface area (Å²) in [5.74, 6) is -0.333.